The molecule has 1 aliphatic rings. The van der Waals surface area contributed by atoms with Crippen LogP contribution in [0.3, 0.4) is 0 Å². The van der Waals surface area contributed by atoms with Crippen molar-refractivity contribution in [3.63, 3.8) is 0 Å². The van der Waals surface area contributed by atoms with E-state index in [2.05, 4.69) is 5.32 Å². The van der Waals surface area contributed by atoms with Gasteiger partial charge in [-0.2, -0.15) is 0 Å². The Balaban J connectivity index is 1.77. The summed E-state index contributed by atoms with van der Waals surface area (Å²) < 4.78 is 10.5. The van der Waals surface area contributed by atoms with Crippen LogP contribution < -0.4 is 5.32 Å². The van der Waals surface area contributed by atoms with E-state index >= 15 is 0 Å². The molecule has 0 bridgehead atoms. The first kappa shape index (κ1) is 15.0. The lowest BCUT2D eigenvalue weighted by Crippen LogP contribution is -2.11. The molecule has 1 aromatic rings. The van der Waals surface area contributed by atoms with Gasteiger partial charge in [0.25, 0.3) is 0 Å². The summed E-state index contributed by atoms with van der Waals surface area (Å²) in [5.41, 5.74) is 2.06. The van der Waals surface area contributed by atoms with Gasteiger partial charge in [-0.3, -0.25) is 4.79 Å². The summed E-state index contributed by atoms with van der Waals surface area (Å²) in [5.74, 6) is 0.537. The largest absolute Gasteiger partial charge is 0.469 e. The second kappa shape index (κ2) is 8.02. The van der Waals surface area contributed by atoms with Crippen molar-refractivity contribution in [1.82, 2.24) is 5.32 Å². The number of carbonyl (C=O) groups is 1. The van der Waals surface area contributed by atoms with Crippen LogP contribution in [0, 0.1) is 5.92 Å². The number of carbonyl (C=O) groups excluding carboxylic acids is 1. The van der Waals surface area contributed by atoms with Crippen LogP contribution in [-0.4, -0.2) is 32.8 Å². The van der Waals surface area contributed by atoms with Crippen molar-refractivity contribution in [2.45, 2.75) is 25.9 Å². The van der Waals surface area contributed by atoms with Crippen LogP contribution in [0.5, 0.6) is 0 Å². The zero-order valence-corrected chi connectivity index (χ0v) is 12.1. The molecule has 1 atom stereocenters. The van der Waals surface area contributed by atoms with Gasteiger partial charge >= 0.3 is 5.97 Å². The lowest BCUT2D eigenvalue weighted by molar-refractivity contribution is -0.139. The third-order valence-corrected chi connectivity index (χ3v) is 3.77. The zero-order chi connectivity index (χ0) is 14.2. The van der Waals surface area contributed by atoms with Crippen molar-refractivity contribution in [1.29, 1.82) is 0 Å². The van der Waals surface area contributed by atoms with Crippen molar-refractivity contribution >= 4 is 5.97 Å². The van der Waals surface area contributed by atoms with Gasteiger partial charge in [0.15, 0.2) is 0 Å². The van der Waals surface area contributed by atoms with Crippen molar-refractivity contribution in [2.24, 2.45) is 5.92 Å². The van der Waals surface area contributed by atoms with Crippen LogP contribution in [0.15, 0.2) is 24.3 Å². The van der Waals surface area contributed by atoms with E-state index in [9.17, 15) is 4.79 Å². The van der Waals surface area contributed by atoms with Gasteiger partial charge in [0.05, 0.1) is 20.1 Å². The number of methoxy groups -OCH3 is 1. The quantitative estimate of drug-likeness (QED) is 0.611. The van der Waals surface area contributed by atoms with E-state index in [0.29, 0.717) is 13.0 Å². The lowest BCUT2D eigenvalue weighted by Gasteiger charge is -2.11. The first-order valence-corrected chi connectivity index (χ1v) is 7.21. The van der Waals surface area contributed by atoms with Gasteiger partial charge in [-0.25, -0.2) is 0 Å². The Labute approximate surface area is 120 Å². The van der Waals surface area contributed by atoms with Gasteiger partial charge < -0.3 is 14.8 Å². The highest BCUT2D eigenvalue weighted by Gasteiger charge is 2.14. The topological polar surface area (TPSA) is 47.6 Å². The van der Waals surface area contributed by atoms with E-state index in [-0.39, 0.29) is 5.97 Å². The first-order valence-electron chi connectivity index (χ1n) is 7.21. The number of hydrogen-bond acceptors (Lipinski definition) is 4. The molecule has 1 aromatic carbocycles. The van der Waals surface area contributed by atoms with Crippen LogP contribution >= 0.6 is 0 Å². The molecule has 1 saturated heterocycles. The third-order valence-electron chi connectivity index (χ3n) is 3.77. The van der Waals surface area contributed by atoms with Crippen molar-refractivity contribution < 1.29 is 14.3 Å². The monoisotopic (exact) mass is 277 g/mol. The molecule has 0 aromatic heterocycles. The van der Waals surface area contributed by atoms with E-state index in [1.54, 1.807) is 0 Å². The van der Waals surface area contributed by atoms with Crippen LogP contribution in [-0.2, 0) is 27.3 Å². The van der Waals surface area contributed by atoms with Gasteiger partial charge in [-0.05, 0) is 43.0 Å². The molecule has 20 heavy (non-hydrogen) atoms. The van der Waals surface area contributed by atoms with Crippen molar-refractivity contribution in [3.05, 3.63) is 35.4 Å². The third kappa shape index (κ3) is 4.62. The molecule has 1 unspecified atom stereocenters. The molecule has 0 saturated carbocycles. The maximum absolute atomic E-state index is 11.4. The highest BCUT2D eigenvalue weighted by Crippen LogP contribution is 2.14. The van der Waals surface area contributed by atoms with Gasteiger partial charge in [-0.15, -0.1) is 0 Å². The molecule has 0 spiro atoms. The summed E-state index contributed by atoms with van der Waals surface area (Å²) in [7, 11) is 1.41. The number of esters is 1. The fraction of sp³-hybridized carbons (Fsp3) is 0.562. The van der Waals surface area contributed by atoms with E-state index < -0.39 is 0 Å². The standard InChI is InChI=1S/C16H23NO3/c1-19-16(18)10-14-4-2-3-5-15(14)12-20-9-7-13-6-8-17-11-13/h2-5,13,17H,6-12H2,1H3. The summed E-state index contributed by atoms with van der Waals surface area (Å²) in [4.78, 5) is 11.4. The SMILES string of the molecule is COC(=O)Cc1ccccc1COCCC1CCNC1. The number of nitrogens with one attached hydrogen (secondary N) is 1. The zero-order valence-electron chi connectivity index (χ0n) is 12.1. The highest BCUT2D eigenvalue weighted by atomic mass is 16.5. The van der Waals surface area contributed by atoms with Crippen LogP contribution in [0.25, 0.3) is 0 Å². The highest BCUT2D eigenvalue weighted by molar-refractivity contribution is 5.72. The first-order chi connectivity index (χ1) is 9.79. The van der Waals surface area contributed by atoms with Crippen LogP contribution in [0.2, 0.25) is 0 Å². The number of hydrogen-bond donors (Lipinski definition) is 1. The summed E-state index contributed by atoms with van der Waals surface area (Å²) in [6, 6.07) is 7.87. The number of ether oxygens (including phenoxy) is 2. The molecule has 2 rings (SSSR count). The van der Waals surface area contributed by atoms with E-state index in [1.165, 1.54) is 13.5 Å². The second-order valence-corrected chi connectivity index (χ2v) is 5.22. The fourth-order valence-electron chi connectivity index (χ4n) is 2.49. The lowest BCUT2D eigenvalue weighted by atomic mass is 10.0. The average Bonchev–Trinajstić information content (AvgIpc) is 2.98. The Morgan fingerprint density at radius 3 is 2.85 bits per heavy atom. The fourth-order valence-corrected chi connectivity index (χ4v) is 2.49. The molecule has 0 amide bonds. The predicted octanol–water partition coefficient (Wildman–Crippen LogP) is 1.92. The summed E-state index contributed by atoms with van der Waals surface area (Å²) in [5, 5.41) is 3.36. The smallest absolute Gasteiger partial charge is 0.309 e. The Hall–Kier alpha value is -1.39. The van der Waals surface area contributed by atoms with Gasteiger partial charge in [-0.1, -0.05) is 24.3 Å². The molecule has 0 aliphatic carbocycles. The minimum absolute atomic E-state index is 0.213. The van der Waals surface area contributed by atoms with Crippen molar-refractivity contribution in [2.75, 3.05) is 26.8 Å². The summed E-state index contributed by atoms with van der Waals surface area (Å²) in [6.45, 7) is 3.58. The molecule has 0 radical (unpaired) electrons. The minimum atomic E-state index is -0.213. The molecular formula is C16H23NO3. The Morgan fingerprint density at radius 2 is 2.15 bits per heavy atom. The number of rotatable bonds is 7. The minimum Gasteiger partial charge on any atom is -0.469 e. The molecule has 1 fully saturated rings. The molecule has 1 heterocycles. The second-order valence-electron chi connectivity index (χ2n) is 5.22. The number of benzene rings is 1. The van der Waals surface area contributed by atoms with E-state index in [4.69, 9.17) is 9.47 Å². The maximum atomic E-state index is 11.4. The van der Waals surface area contributed by atoms with E-state index in [1.807, 2.05) is 24.3 Å². The molecule has 1 N–H and O–H groups in total. The molecule has 4 heteroatoms. The molecule has 1 aliphatic heterocycles. The summed E-state index contributed by atoms with van der Waals surface area (Å²) in [6.07, 6.45) is 2.66. The Bertz CT molecular complexity index is 427. The Kier molecular flexibility index (Phi) is 6.02. The molecular weight excluding hydrogens is 254 g/mol. The van der Waals surface area contributed by atoms with Crippen molar-refractivity contribution in [3.8, 4) is 0 Å². The normalized spacial score (nSPS) is 18.1. The maximum Gasteiger partial charge on any atom is 0.309 e. The van der Waals surface area contributed by atoms with Gasteiger partial charge in [0.2, 0.25) is 0 Å². The van der Waals surface area contributed by atoms with Crippen LogP contribution in [0.4, 0.5) is 0 Å². The average molecular weight is 277 g/mol. The molecule has 110 valence electrons. The predicted molar refractivity (Wildman–Crippen MR) is 77.4 cm³/mol. The van der Waals surface area contributed by atoms with Gasteiger partial charge in [0.1, 0.15) is 0 Å². The summed E-state index contributed by atoms with van der Waals surface area (Å²) >= 11 is 0. The van der Waals surface area contributed by atoms with E-state index in [0.717, 1.165) is 43.2 Å². The molecule has 4 nitrogen and oxygen atoms in total. The van der Waals surface area contributed by atoms with Crippen LogP contribution in [0.1, 0.15) is 24.0 Å². The van der Waals surface area contributed by atoms with Gasteiger partial charge in [0, 0.05) is 6.61 Å². The Morgan fingerprint density at radius 1 is 1.35 bits per heavy atom.